The van der Waals surface area contributed by atoms with Crippen molar-refractivity contribution in [3.63, 3.8) is 0 Å². The highest BCUT2D eigenvalue weighted by Crippen LogP contribution is 2.38. The van der Waals surface area contributed by atoms with E-state index in [-0.39, 0.29) is 12.2 Å². The quantitative estimate of drug-likeness (QED) is 0.684. The second kappa shape index (κ2) is 3.91. The number of nitrogens with zero attached hydrogens (tertiary/aromatic N) is 1. The van der Waals surface area contributed by atoms with Gasteiger partial charge in [0.2, 0.25) is 0 Å². The van der Waals surface area contributed by atoms with Crippen molar-refractivity contribution in [2.45, 2.75) is 45.3 Å². The molecule has 1 aliphatic heterocycles. The first kappa shape index (κ1) is 11.7. The monoisotopic (exact) mass is 227 g/mol. The first-order valence-electron chi connectivity index (χ1n) is 6.01. The van der Waals surface area contributed by atoms with Crippen molar-refractivity contribution in [3.8, 4) is 0 Å². The Morgan fingerprint density at radius 3 is 2.19 bits per heavy atom. The normalized spacial score (nSPS) is 34.0. The molecular formula is C12H21NO3. The number of rotatable bonds is 0. The van der Waals surface area contributed by atoms with Gasteiger partial charge in [-0.2, -0.15) is 0 Å². The van der Waals surface area contributed by atoms with Gasteiger partial charge in [-0.1, -0.05) is 0 Å². The van der Waals surface area contributed by atoms with Gasteiger partial charge < -0.3 is 14.7 Å². The molecule has 1 amide bonds. The van der Waals surface area contributed by atoms with Crippen molar-refractivity contribution in [1.29, 1.82) is 0 Å². The van der Waals surface area contributed by atoms with Crippen LogP contribution in [0.5, 0.6) is 0 Å². The summed E-state index contributed by atoms with van der Waals surface area (Å²) >= 11 is 0. The maximum absolute atomic E-state index is 11.8. The van der Waals surface area contributed by atoms with E-state index in [0.29, 0.717) is 11.8 Å². The van der Waals surface area contributed by atoms with Crippen molar-refractivity contribution in [3.05, 3.63) is 0 Å². The van der Waals surface area contributed by atoms with Crippen molar-refractivity contribution in [1.82, 2.24) is 4.90 Å². The zero-order chi connectivity index (χ0) is 11.9. The number of carbonyl (C=O) groups is 1. The van der Waals surface area contributed by atoms with Crippen LogP contribution in [0.4, 0.5) is 4.79 Å². The fourth-order valence-electron chi connectivity index (χ4n) is 2.74. The van der Waals surface area contributed by atoms with E-state index >= 15 is 0 Å². The molecule has 0 spiro atoms. The summed E-state index contributed by atoms with van der Waals surface area (Å²) in [5.41, 5.74) is -0.422. The van der Waals surface area contributed by atoms with Crippen LogP contribution >= 0.6 is 0 Å². The molecule has 1 N–H and O–H groups in total. The van der Waals surface area contributed by atoms with Gasteiger partial charge in [-0.3, -0.25) is 0 Å². The Morgan fingerprint density at radius 2 is 1.75 bits per heavy atom. The highest BCUT2D eigenvalue weighted by atomic mass is 16.6. The Bertz CT molecular complexity index is 270. The summed E-state index contributed by atoms with van der Waals surface area (Å²) in [6.07, 6.45) is 1.31. The SMILES string of the molecule is CC(C)(C)OC(=O)N1C[C@H]2C[C@H](O)C[C@H]2C1. The topological polar surface area (TPSA) is 49.8 Å². The summed E-state index contributed by atoms with van der Waals surface area (Å²) in [4.78, 5) is 13.6. The third kappa shape index (κ3) is 2.48. The Hall–Kier alpha value is -0.770. The Balaban J connectivity index is 1.88. The molecule has 1 aliphatic carbocycles. The van der Waals surface area contributed by atoms with Gasteiger partial charge in [-0.15, -0.1) is 0 Å². The molecule has 2 aliphatic rings. The minimum atomic E-state index is -0.422. The smallest absolute Gasteiger partial charge is 0.410 e. The van der Waals surface area contributed by atoms with Crippen molar-refractivity contribution in [2.24, 2.45) is 11.8 Å². The zero-order valence-corrected chi connectivity index (χ0v) is 10.3. The summed E-state index contributed by atoms with van der Waals surface area (Å²) in [5.74, 6) is 0.949. The average Bonchev–Trinajstić information content (AvgIpc) is 2.56. The van der Waals surface area contributed by atoms with E-state index in [2.05, 4.69) is 0 Å². The van der Waals surface area contributed by atoms with Crippen LogP contribution in [0.3, 0.4) is 0 Å². The minimum Gasteiger partial charge on any atom is -0.444 e. The van der Waals surface area contributed by atoms with E-state index in [1.807, 2.05) is 20.8 Å². The van der Waals surface area contributed by atoms with Gasteiger partial charge in [0.1, 0.15) is 5.60 Å². The second-order valence-electron chi connectivity index (χ2n) is 6.03. The molecule has 1 heterocycles. The molecule has 16 heavy (non-hydrogen) atoms. The molecule has 92 valence electrons. The van der Waals surface area contributed by atoms with Crippen LogP contribution in [-0.2, 0) is 4.74 Å². The van der Waals surface area contributed by atoms with Crippen LogP contribution in [0.2, 0.25) is 0 Å². The summed E-state index contributed by atoms with van der Waals surface area (Å²) in [7, 11) is 0. The average molecular weight is 227 g/mol. The molecule has 1 saturated heterocycles. The molecule has 0 aromatic heterocycles. The fourth-order valence-corrected chi connectivity index (χ4v) is 2.74. The molecule has 0 radical (unpaired) electrons. The number of aliphatic hydroxyl groups is 1. The van der Waals surface area contributed by atoms with Crippen molar-refractivity contribution in [2.75, 3.05) is 13.1 Å². The number of ether oxygens (including phenoxy) is 1. The highest BCUT2D eigenvalue weighted by molar-refractivity contribution is 5.68. The molecule has 0 bridgehead atoms. The van der Waals surface area contributed by atoms with Gasteiger partial charge in [-0.25, -0.2) is 4.79 Å². The van der Waals surface area contributed by atoms with E-state index in [1.54, 1.807) is 4.90 Å². The minimum absolute atomic E-state index is 0.157. The molecular weight excluding hydrogens is 206 g/mol. The second-order valence-corrected chi connectivity index (χ2v) is 6.03. The number of fused-ring (bicyclic) bond motifs is 1. The van der Waals surface area contributed by atoms with Crippen LogP contribution in [0.15, 0.2) is 0 Å². The number of aliphatic hydroxyl groups excluding tert-OH is 1. The number of amides is 1. The van der Waals surface area contributed by atoms with Gasteiger partial charge in [0.05, 0.1) is 6.10 Å². The molecule has 0 aromatic rings. The van der Waals surface area contributed by atoms with Crippen LogP contribution in [0.1, 0.15) is 33.6 Å². The van der Waals surface area contributed by atoms with Gasteiger partial charge in [0, 0.05) is 13.1 Å². The first-order valence-corrected chi connectivity index (χ1v) is 6.01. The van der Waals surface area contributed by atoms with E-state index in [0.717, 1.165) is 25.9 Å². The lowest BCUT2D eigenvalue weighted by molar-refractivity contribution is 0.0269. The van der Waals surface area contributed by atoms with Crippen LogP contribution in [0, 0.1) is 11.8 Å². The standard InChI is InChI=1S/C12H21NO3/c1-12(2,3)16-11(15)13-6-8-4-10(14)5-9(8)7-13/h8-10,14H,4-7H2,1-3H3/t8-,9+,10+. The Labute approximate surface area is 96.6 Å². The molecule has 4 heteroatoms. The van der Waals surface area contributed by atoms with Gasteiger partial charge in [0.25, 0.3) is 0 Å². The maximum atomic E-state index is 11.8. The summed E-state index contributed by atoms with van der Waals surface area (Å²) in [6.45, 7) is 7.13. The van der Waals surface area contributed by atoms with Crippen LogP contribution in [0.25, 0.3) is 0 Å². The summed E-state index contributed by atoms with van der Waals surface area (Å²) in [6, 6.07) is 0. The van der Waals surface area contributed by atoms with Crippen molar-refractivity contribution >= 4 is 6.09 Å². The van der Waals surface area contributed by atoms with E-state index in [1.165, 1.54) is 0 Å². The Morgan fingerprint density at radius 1 is 1.25 bits per heavy atom. The highest BCUT2D eigenvalue weighted by Gasteiger charge is 2.42. The number of hydrogen-bond donors (Lipinski definition) is 1. The molecule has 4 nitrogen and oxygen atoms in total. The van der Waals surface area contributed by atoms with Gasteiger partial charge >= 0.3 is 6.09 Å². The lowest BCUT2D eigenvalue weighted by Crippen LogP contribution is -2.36. The Kier molecular flexibility index (Phi) is 2.86. The number of likely N-dealkylation sites (tertiary alicyclic amines) is 1. The fraction of sp³-hybridized carbons (Fsp3) is 0.917. The molecule has 2 fully saturated rings. The van der Waals surface area contributed by atoms with E-state index in [9.17, 15) is 9.90 Å². The third-order valence-electron chi connectivity index (χ3n) is 3.38. The predicted molar refractivity (Wildman–Crippen MR) is 60.0 cm³/mol. The van der Waals surface area contributed by atoms with Crippen molar-refractivity contribution < 1.29 is 14.6 Å². The van der Waals surface area contributed by atoms with E-state index in [4.69, 9.17) is 4.74 Å². The summed E-state index contributed by atoms with van der Waals surface area (Å²) < 4.78 is 5.34. The molecule has 1 saturated carbocycles. The molecule has 3 atom stereocenters. The van der Waals surface area contributed by atoms with Crippen LogP contribution in [-0.4, -0.2) is 40.9 Å². The maximum Gasteiger partial charge on any atom is 0.410 e. The van der Waals surface area contributed by atoms with Crippen LogP contribution < -0.4 is 0 Å². The predicted octanol–water partition coefficient (Wildman–Crippen LogP) is 1.62. The summed E-state index contributed by atoms with van der Waals surface area (Å²) in [5, 5.41) is 9.51. The van der Waals surface area contributed by atoms with Gasteiger partial charge in [0.15, 0.2) is 0 Å². The molecule has 0 unspecified atom stereocenters. The van der Waals surface area contributed by atoms with Gasteiger partial charge in [-0.05, 0) is 45.4 Å². The largest absolute Gasteiger partial charge is 0.444 e. The number of hydrogen-bond acceptors (Lipinski definition) is 3. The lowest BCUT2D eigenvalue weighted by Gasteiger charge is -2.25. The van der Waals surface area contributed by atoms with E-state index < -0.39 is 5.60 Å². The molecule has 0 aromatic carbocycles. The zero-order valence-electron chi connectivity index (χ0n) is 10.3. The third-order valence-corrected chi connectivity index (χ3v) is 3.38. The molecule has 2 rings (SSSR count). The lowest BCUT2D eigenvalue weighted by atomic mass is 10.0. The first-order chi connectivity index (χ1) is 7.35. The number of carbonyl (C=O) groups excluding carboxylic acids is 1.